The van der Waals surface area contributed by atoms with Crippen molar-refractivity contribution in [3.05, 3.63) is 71.9 Å². The minimum atomic E-state index is -0.307. The number of ketones is 1. The summed E-state index contributed by atoms with van der Waals surface area (Å²) in [4.78, 5) is 23.9. The van der Waals surface area contributed by atoms with E-state index in [1.54, 1.807) is 0 Å². The van der Waals surface area contributed by atoms with Gasteiger partial charge < -0.3 is 9.30 Å². The van der Waals surface area contributed by atoms with Crippen LogP contribution in [0.15, 0.2) is 60.8 Å². The smallest absolute Gasteiger partial charge is 0.302 e. The van der Waals surface area contributed by atoms with Gasteiger partial charge in [-0.05, 0) is 13.0 Å². The lowest BCUT2D eigenvalue weighted by molar-refractivity contribution is -0.141. The zero-order valence-electron chi connectivity index (χ0n) is 13.7. The number of carbonyl (C=O) groups excluding carboxylic acids is 2. The van der Waals surface area contributed by atoms with Crippen LogP contribution in [0.4, 0.5) is 0 Å². The molecular formula is C20H19NO3. The van der Waals surface area contributed by atoms with Crippen molar-refractivity contribution in [3.63, 3.8) is 0 Å². The Morgan fingerprint density at radius 2 is 1.71 bits per heavy atom. The van der Waals surface area contributed by atoms with Crippen LogP contribution >= 0.6 is 0 Å². The normalized spacial score (nSPS) is 12.1. The number of carbonyl (C=O) groups is 2. The van der Waals surface area contributed by atoms with Crippen LogP contribution in [0.3, 0.4) is 0 Å². The lowest BCUT2D eigenvalue weighted by Crippen LogP contribution is -2.13. The van der Waals surface area contributed by atoms with Crippen molar-refractivity contribution < 1.29 is 14.3 Å². The first-order valence-electron chi connectivity index (χ1n) is 7.90. The van der Waals surface area contributed by atoms with Gasteiger partial charge in [0.05, 0.1) is 6.04 Å². The number of aromatic nitrogens is 1. The largest absolute Gasteiger partial charge is 0.464 e. The second kappa shape index (κ2) is 6.71. The molecule has 0 saturated heterocycles. The van der Waals surface area contributed by atoms with E-state index in [1.807, 2.05) is 72.3 Å². The van der Waals surface area contributed by atoms with Crippen molar-refractivity contribution in [3.8, 4) is 0 Å². The van der Waals surface area contributed by atoms with E-state index >= 15 is 0 Å². The first-order chi connectivity index (χ1) is 11.6. The maximum Gasteiger partial charge on any atom is 0.302 e. The second-order valence-electron chi connectivity index (χ2n) is 5.81. The average molecular weight is 321 g/mol. The highest BCUT2D eigenvalue weighted by atomic mass is 16.5. The molecule has 1 aromatic heterocycles. The summed E-state index contributed by atoms with van der Waals surface area (Å²) in [5.74, 6) is -0.316. The quantitative estimate of drug-likeness (QED) is 0.527. The van der Waals surface area contributed by atoms with E-state index in [1.165, 1.54) is 6.92 Å². The molecule has 3 aromatic rings. The summed E-state index contributed by atoms with van der Waals surface area (Å²) < 4.78 is 7.11. The highest BCUT2D eigenvalue weighted by molar-refractivity contribution is 6.16. The summed E-state index contributed by atoms with van der Waals surface area (Å²) in [6.45, 7) is 3.63. The molecule has 2 aromatic carbocycles. The van der Waals surface area contributed by atoms with Gasteiger partial charge in [0.25, 0.3) is 0 Å². The second-order valence-corrected chi connectivity index (χ2v) is 5.81. The summed E-state index contributed by atoms with van der Waals surface area (Å²) in [5, 5.41) is 0.904. The first kappa shape index (κ1) is 16.0. The van der Waals surface area contributed by atoms with E-state index in [9.17, 15) is 9.59 Å². The van der Waals surface area contributed by atoms with Crippen molar-refractivity contribution in [1.29, 1.82) is 0 Å². The molecule has 0 amide bonds. The summed E-state index contributed by atoms with van der Waals surface area (Å²) in [6, 6.07) is 17.0. The summed E-state index contributed by atoms with van der Waals surface area (Å²) >= 11 is 0. The van der Waals surface area contributed by atoms with Crippen LogP contribution in [0.5, 0.6) is 0 Å². The molecular weight excluding hydrogens is 302 g/mol. The van der Waals surface area contributed by atoms with Crippen LogP contribution in [-0.2, 0) is 9.53 Å². The molecule has 0 spiro atoms. The third kappa shape index (κ3) is 3.08. The van der Waals surface area contributed by atoms with E-state index in [0.717, 1.165) is 10.9 Å². The van der Waals surface area contributed by atoms with Crippen LogP contribution in [0.1, 0.15) is 35.8 Å². The third-order valence-electron chi connectivity index (χ3n) is 4.02. The number of fused-ring (bicyclic) bond motifs is 1. The zero-order valence-corrected chi connectivity index (χ0v) is 13.7. The molecule has 0 bridgehead atoms. The number of benzene rings is 2. The summed E-state index contributed by atoms with van der Waals surface area (Å²) in [6.07, 6.45) is 1.86. The topological polar surface area (TPSA) is 48.3 Å². The Morgan fingerprint density at radius 3 is 2.42 bits per heavy atom. The number of hydrogen-bond acceptors (Lipinski definition) is 3. The molecule has 0 aliphatic heterocycles. The van der Waals surface area contributed by atoms with Crippen LogP contribution in [0.25, 0.3) is 10.9 Å². The number of hydrogen-bond donors (Lipinski definition) is 0. The van der Waals surface area contributed by atoms with E-state index < -0.39 is 0 Å². The molecule has 122 valence electrons. The fourth-order valence-electron chi connectivity index (χ4n) is 2.81. The molecule has 24 heavy (non-hydrogen) atoms. The fraction of sp³-hybridized carbons (Fsp3) is 0.200. The van der Waals surface area contributed by atoms with Gasteiger partial charge in [0.2, 0.25) is 0 Å². The van der Waals surface area contributed by atoms with Crippen molar-refractivity contribution in [2.24, 2.45) is 0 Å². The number of rotatable bonds is 5. The Labute approximate surface area is 140 Å². The molecule has 1 unspecified atom stereocenters. The highest BCUT2D eigenvalue weighted by Gasteiger charge is 2.19. The molecule has 0 fully saturated rings. The first-order valence-corrected chi connectivity index (χ1v) is 7.90. The molecule has 4 nitrogen and oxygen atoms in total. The minimum Gasteiger partial charge on any atom is -0.464 e. The molecule has 3 rings (SSSR count). The van der Waals surface area contributed by atoms with Crippen molar-refractivity contribution in [2.75, 3.05) is 6.61 Å². The molecule has 0 aliphatic carbocycles. The Morgan fingerprint density at radius 1 is 1.04 bits per heavy atom. The van der Waals surface area contributed by atoms with Gasteiger partial charge in [0, 0.05) is 35.2 Å². The van der Waals surface area contributed by atoms with Gasteiger partial charge in [-0.1, -0.05) is 48.5 Å². The summed E-state index contributed by atoms with van der Waals surface area (Å²) in [7, 11) is 0. The van der Waals surface area contributed by atoms with Crippen LogP contribution < -0.4 is 0 Å². The highest BCUT2D eigenvalue weighted by Crippen LogP contribution is 2.27. The van der Waals surface area contributed by atoms with Gasteiger partial charge in [-0.3, -0.25) is 9.59 Å². The zero-order chi connectivity index (χ0) is 17.1. The van der Waals surface area contributed by atoms with Gasteiger partial charge in [-0.15, -0.1) is 0 Å². The number of esters is 1. The predicted molar refractivity (Wildman–Crippen MR) is 93.2 cm³/mol. The standard InChI is InChI=1S/C20H19NO3/c1-14(13-24-15(2)22)21-12-18(17-10-6-7-11-19(17)21)20(23)16-8-4-3-5-9-16/h3-12,14H,13H2,1-2H3. The lowest BCUT2D eigenvalue weighted by Gasteiger charge is -2.14. The lowest BCUT2D eigenvalue weighted by atomic mass is 10.0. The molecule has 1 heterocycles. The summed E-state index contributed by atoms with van der Waals surface area (Å²) in [5.41, 5.74) is 2.27. The van der Waals surface area contributed by atoms with Crippen molar-refractivity contribution >= 4 is 22.7 Å². The van der Waals surface area contributed by atoms with Crippen LogP contribution in [-0.4, -0.2) is 22.9 Å². The van der Waals surface area contributed by atoms with E-state index in [-0.39, 0.29) is 24.4 Å². The molecule has 0 saturated carbocycles. The monoisotopic (exact) mass is 321 g/mol. The van der Waals surface area contributed by atoms with E-state index in [4.69, 9.17) is 4.74 Å². The molecule has 1 atom stereocenters. The number of nitrogens with zero attached hydrogens (tertiary/aromatic N) is 1. The number of para-hydroxylation sites is 1. The SMILES string of the molecule is CC(=O)OCC(C)n1cc(C(=O)c2ccccc2)c2ccccc21. The molecule has 0 radical (unpaired) electrons. The molecule has 0 N–H and O–H groups in total. The Kier molecular flexibility index (Phi) is 4.47. The van der Waals surface area contributed by atoms with Crippen LogP contribution in [0, 0.1) is 0 Å². The fourth-order valence-corrected chi connectivity index (χ4v) is 2.81. The predicted octanol–water partition coefficient (Wildman–Crippen LogP) is 4.00. The molecule has 0 aliphatic rings. The van der Waals surface area contributed by atoms with Gasteiger partial charge in [0.1, 0.15) is 6.61 Å². The average Bonchev–Trinajstić information content (AvgIpc) is 2.99. The minimum absolute atomic E-state index is 0.00904. The van der Waals surface area contributed by atoms with Crippen molar-refractivity contribution in [2.45, 2.75) is 19.9 Å². The Balaban J connectivity index is 2.03. The molecule has 4 heteroatoms. The number of ether oxygens (including phenoxy) is 1. The van der Waals surface area contributed by atoms with Gasteiger partial charge in [-0.25, -0.2) is 0 Å². The van der Waals surface area contributed by atoms with Crippen LogP contribution in [0.2, 0.25) is 0 Å². The van der Waals surface area contributed by atoms with E-state index in [2.05, 4.69) is 0 Å². The maximum atomic E-state index is 12.9. The maximum absolute atomic E-state index is 12.9. The Hall–Kier alpha value is -2.88. The third-order valence-corrected chi connectivity index (χ3v) is 4.02. The van der Waals surface area contributed by atoms with Gasteiger partial charge in [0.15, 0.2) is 5.78 Å². The van der Waals surface area contributed by atoms with Gasteiger partial charge in [-0.2, -0.15) is 0 Å². The Bertz CT molecular complexity index is 880. The van der Waals surface area contributed by atoms with Crippen molar-refractivity contribution in [1.82, 2.24) is 4.57 Å². The van der Waals surface area contributed by atoms with Gasteiger partial charge >= 0.3 is 5.97 Å². The van der Waals surface area contributed by atoms with E-state index in [0.29, 0.717) is 11.1 Å².